The molecule has 0 saturated carbocycles. The molecule has 7 nitrogen and oxygen atoms in total. The average Bonchev–Trinajstić information content (AvgIpc) is 2.72. The molecule has 1 aliphatic heterocycles. The third kappa shape index (κ3) is 5.00. The minimum atomic E-state index is -1.49. The van der Waals surface area contributed by atoms with Gasteiger partial charge in [0.05, 0.1) is 6.61 Å². The second-order valence-electron chi connectivity index (χ2n) is 7.84. The molecule has 0 amide bonds. The van der Waals surface area contributed by atoms with Gasteiger partial charge in [-0.25, -0.2) is 0 Å². The molecule has 30 heavy (non-hydrogen) atoms. The first-order chi connectivity index (χ1) is 14.3. The molecule has 5 N–H and O–H groups in total. The number of hydrogen-bond acceptors (Lipinski definition) is 7. The smallest absolute Gasteiger partial charge is 0.229 e. The summed E-state index contributed by atoms with van der Waals surface area (Å²) >= 11 is 0. The van der Waals surface area contributed by atoms with Crippen LogP contribution in [0.3, 0.4) is 0 Å². The molecular formula is C23H30O7. The third-order valence-electron chi connectivity index (χ3n) is 5.47. The van der Waals surface area contributed by atoms with Crippen LogP contribution in [0, 0.1) is 13.8 Å². The lowest BCUT2D eigenvalue weighted by molar-refractivity contribution is -0.277. The Morgan fingerprint density at radius 2 is 1.57 bits per heavy atom. The molecule has 0 aromatic heterocycles. The summed E-state index contributed by atoms with van der Waals surface area (Å²) in [5.74, 6) is 0.510. The summed E-state index contributed by atoms with van der Waals surface area (Å²) in [6, 6.07) is 11.8. The largest absolute Gasteiger partial charge is 0.462 e. The quantitative estimate of drug-likeness (QED) is 0.447. The van der Waals surface area contributed by atoms with Crippen molar-refractivity contribution in [2.75, 3.05) is 13.2 Å². The van der Waals surface area contributed by atoms with E-state index in [9.17, 15) is 20.4 Å². The number of aryl methyl sites for hydroxylation is 2. The van der Waals surface area contributed by atoms with Crippen molar-refractivity contribution in [3.05, 3.63) is 64.2 Å². The molecule has 5 atom stereocenters. The molecule has 7 heteroatoms. The molecule has 0 spiro atoms. The molecule has 0 radical (unpaired) electrons. The lowest BCUT2D eigenvalue weighted by Gasteiger charge is -2.39. The minimum Gasteiger partial charge on any atom is -0.462 e. The van der Waals surface area contributed by atoms with E-state index in [1.165, 1.54) is 0 Å². The van der Waals surface area contributed by atoms with Crippen molar-refractivity contribution in [1.29, 1.82) is 0 Å². The van der Waals surface area contributed by atoms with Crippen LogP contribution in [0.2, 0.25) is 0 Å². The van der Waals surface area contributed by atoms with E-state index in [0.29, 0.717) is 18.6 Å². The molecule has 0 unspecified atom stereocenters. The molecular weight excluding hydrogens is 388 g/mol. The van der Waals surface area contributed by atoms with Crippen LogP contribution in [-0.2, 0) is 17.6 Å². The van der Waals surface area contributed by atoms with Gasteiger partial charge < -0.3 is 35.0 Å². The molecule has 3 rings (SSSR count). The predicted octanol–water partition coefficient (Wildman–Crippen LogP) is 0.608. The fourth-order valence-corrected chi connectivity index (χ4v) is 3.74. The fraction of sp³-hybridized carbons (Fsp3) is 0.478. The topological polar surface area (TPSA) is 120 Å². The minimum absolute atomic E-state index is 0.105. The van der Waals surface area contributed by atoms with E-state index < -0.39 is 37.3 Å². The van der Waals surface area contributed by atoms with E-state index in [2.05, 4.69) is 0 Å². The summed E-state index contributed by atoms with van der Waals surface area (Å²) in [7, 11) is 0. The Labute approximate surface area is 176 Å². The van der Waals surface area contributed by atoms with Gasteiger partial charge in [-0.3, -0.25) is 0 Å². The maximum Gasteiger partial charge on any atom is 0.229 e. The number of aliphatic hydroxyl groups excluding tert-OH is 5. The Morgan fingerprint density at radius 3 is 2.20 bits per heavy atom. The van der Waals surface area contributed by atoms with Crippen molar-refractivity contribution in [1.82, 2.24) is 0 Å². The van der Waals surface area contributed by atoms with Gasteiger partial charge in [-0.2, -0.15) is 0 Å². The molecule has 1 fully saturated rings. The molecule has 2 aromatic rings. The predicted molar refractivity (Wildman–Crippen MR) is 110 cm³/mol. The Bertz CT molecular complexity index is 834. The maximum absolute atomic E-state index is 10.3. The first-order valence-electron chi connectivity index (χ1n) is 10.1. The summed E-state index contributed by atoms with van der Waals surface area (Å²) in [6.45, 7) is 3.50. The highest BCUT2D eigenvalue weighted by molar-refractivity contribution is 5.46. The number of aliphatic hydroxyl groups is 5. The number of rotatable bonds is 7. The third-order valence-corrected chi connectivity index (χ3v) is 5.47. The van der Waals surface area contributed by atoms with E-state index in [1.54, 1.807) is 0 Å². The van der Waals surface area contributed by atoms with Crippen molar-refractivity contribution in [3.8, 4) is 5.75 Å². The van der Waals surface area contributed by atoms with Crippen LogP contribution in [0.15, 0.2) is 36.4 Å². The van der Waals surface area contributed by atoms with E-state index in [0.717, 1.165) is 27.8 Å². The van der Waals surface area contributed by atoms with Gasteiger partial charge in [0.1, 0.15) is 30.2 Å². The summed E-state index contributed by atoms with van der Waals surface area (Å²) in [6.07, 6.45) is -5.45. The van der Waals surface area contributed by atoms with Crippen LogP contribution in [0.25, 0.3) is 0 Å². The monoisotopic (exact) mass is 418 g/mol. The summed E-state index contributed by atoms with van der Waals surface area (Å²) in [4.78, 5) is 0. The normalized spacial score (nSPS) is 26.6. The lowest BCUT2D eigenvalue weighted by atomic mass is 9.96. The summed E-state index contributed by atoms with van der Waals surface area (Å²) in [5, 5.41) is 48.8. The average molecular weight is 418 g/mol. The standard InChI is InChI=1S/C23H30O7/c1-13-9-14(2)17(11-16-5-3-15(4-6-16)7-8-24)18(10-13)29-23-22(28)21(27)20(26)19(12-25)30-23/h3-6,9-10,19-28H,7-8,11-12H2,1-2H3/t19-,20-,21+,22-,23+/m1/s1. The second-order valence-corrected chi connectivity index (χ2v) is 7.84. The number of ether oxygens (including phenoxy) is 2. The van der Waals surface area contributed by atoms with Crippen molar-refractivity contribution >= 4 is 0 Å². The zero-order valence-corrected chi connectivity index (χ0v) is 17.2. The fourth-order valence-electron chi connectivity index (χ4n) is 3.74. The van der Waals surface area contributed by atoms with Crippen LogP contribution in [0.1, 0.15) is 27.8 Å². The highest BCUT2D eigenvalue weighted by atomic mass is 16.7. The number of benzene rings is 2. The summed E-state index contributed by atoms with van der Waals surface area (Å²) < 4.78 is 11.5. The Hall–Kier alpha value is -2.00. The maximum atomic E-state index is 10.3. The van der Waals surface area contributed by atoms with Crippen LogP contribution in [-0.4, -0.2) is 69.5 Å². The van der Waals surface area contributed by atoms with E-state index in [1.807, 2.05) is 50.2 Å². The Morgan fingerprint density at radius 1 is 0.900 bits per heavy atom. The van der Waals surface area contributed by atoms with Gasteiger partial charge in [0, 0.05) is 18.6 Å². The molecule has 1 heterocycles. The van der Waals surface area contributed by atoms with Crippen LogP contribution >= 0.6 is 0 Å². The van der Waals surface area contributed by atoms with Gasteiger partial charge in [-0.1, -0.05) is 30.3 Å². The van der Waals surface area contributed by atoms with Gasteiger partial charge in [0.2, 0.25) is 6.29 Å². The SMILES string of the molecule is Cc1cc(C)c(Cc2ccc(CCO)cc2)c(O[C@H]2O[C@H](CO)[C@@H](O)[C@H](O)[C@H]2O)c1. The molecule has 1 aliphatic rings. The zero-order chi connectivity index (χ0) is 21.8. The second kappa shape index (κ2) is 9.87. The van der Waals surface area contributed by atoms with Gasteiger partial charge in [0.15, 0.2) is 0 Å². The Kier molecular flexibility index (Phi) is 7.46. The van der Waals surface area contributed by atoms with Gasteiger partial charge in [-0.05, 0) is 48.6 Å². The van der Waals surface area contributed by atoms with E-state index in [-0.39, 0.29) is 6.61 Å². The van der Waals surface area contributed by atoms with Crippen molar-refractivity contribution in [3.63, 3.8) is 0 Å². The lowest BCUT2D eigenvalue weighted by Crippen LogP contribution is -2.60. The van der Waals surface area contributed by atoms with E-state index in [4.69, 9.17) is 14.6 Å². The van der Waals surface area contributed by atoms with Crippen molar-refractivity contribution in [2.24, 2.45) is 0 Å². The van der Waals surface area contributed by atoms with E-state index >= 15 is 0 Å². The first kappa shape index (κ1) is 22.7. The van der Waals surface area contributed by atoms with Crippen LogP contribution in [0.4, 0.5) is 0 Å². The molecule has 0 bridgehead atoms. The highest BCUT2D eigenvalue weighted by Gasteiger charge is 2.44. The van der Waals surface area contributed by atoms with Gasteiger partial charge in [0.25, 0.3) is 0 Å². The highest BCUT2D eigenvalue weighted by Crippen LogP contribution is 2.31. The van der Waals surface area contributed by atoms with Crippen LogP contribution < -0.4 is 4.74 Å². The Balaban J connectivity index is 1.86. The molecule has 2 aromatic carbocycles. The molecule has 0 aliphatic carbocycles. The van der Waals surface area contributed by atoms with Gasteiger partial charge >= 0.3 is 0 Å². The molecule has 164 valence electrons. The van der Waals surface area contributed by atoms with Crippen LogP contribution in [0.5, 0.6) is 5.75 Å². The molecule has 1 saturated heterocycles. The van der Waals surface area contributed by atoms with Gasteiger partial charge in [-0.15, -0.1) is 0 Å². The van der Waals surface area contributed by atoms with Crippen molar-refractivity contribution < 1.29 is 35.0 Å². The zero-order valence-electron chi connectivity index (χ0n) is 17.2. The van der Waals surface area contributed by atoms with Crippen molar-refractivity contribution in [2.45, 2.75) is 57.4 Å². The number of hydrogen-bond donors (Lipinski definition) is 5. The first-order valence-corrected chi connectivity index (χ1v) is 10.1. The summed E-state index contributed by atoms with van der Waals surface area (Å²) in [5.41, 5.74) is 5.00.